The van der Waals surface area contributed by atoms with Crippen molar-refractivity contribution in [2.75, 3.05) is 5.73 Å². The molecule has 0 heterocycles. The predicted octanol–water partition coefficient (Wildman–Crippen LogP) is 1.72. The summed E-state index contributed by atoms with van der Waals surface area (Å²) in [5, 5.41) is 2.77. The lowest BCUT2D eigenvalue weighted by Gasteiger charge is -2.20. The average Bonchev–Trinajstić information content (AvgIpc) is 2.16. The van der Waals surface area contributed by atoms with Gasteiger partial charge in [0.05, 0.1) is 5.54 Å². The van der Waals surface area contributed by atoms with E-state index in [4.69, 9.17) is 12.2 Å². The number of nitrogen functional groups attached to an aromatic ring is 1. The largest absolute Gasteiger partial charge is 0.399 e. The Morgan fingerprint density at radius 1 is 1.50 bits per heavy atom. The molecule has 0 aliphatic carbocycles. The van der Waals surface area contributed by atoms with Crippen LogP contribution in [0.2, 0.25) is 0 Å². The molecule has 16 heavy (non-hydrogen) atoms. The van der Waals surface area contributed by atoms with Crippen LogP contribution in [0.4, 0.5) is 5.69 Å². The van der Waals surface area contributed by atoms with Crippen LogP contribution in [0, 0.1) is 19.3 Å². The van der Waals surface area contributed by atoms with Crippen molar-refractivity contribution in [3.63, 3.8) is 0 Å². The van der Waals surface area contributed by atoms with Crippen LogP contribution in [0.5, 0.6) is 0 Å². The Hall–Kier alpha value is -1.95. The van der Waals surface area contributed by atoms with E-state index >= 15 is 0 Å². The molecule has 0 atom stereocenters. The minimum Gasteiger partial charge on any atom is -0.399 e. The van der Waals surface area contributed by atoms with Gasteiger partial charge in [-0.25, -0.2) is 0 Å². The molecule has 0 fully saturated rings. The third kappa shape index (κ3) is 2.77. The number of carbonyl (C=O) groups excluding carboxylic acids is 1. The first-order valence-electron chi connectivity index (χ1n) is 5.02. The van der Waals surface area contributed by atoms with Crippen molar-refractivity contribution in [1.82, 2.24) is 5.32 Å². The predicted molar refractivity (Wildman–Crippen MR) is 66.0 cm³/mol. The highest BCUT2D eigenvalue weighted by molar-refractivity contribution is 5.96. The van der Waals surface area contributed by atoms with E-state index in [-0.39, 0.29) is 5.91 Å². The maximum absolute atomic E-state index is 11.9. The number of nitrogens with two attached hydrogens (primary N) is 1. The smallest absolute Gasteiger partial charge is 0.252 e. The molecule has 3 nitrogen and oxygen atoms in total. The molecular weight excluding hydrogens is 200 g/mol. The molecule has 0 aromatic heterocycles. The Morgan fingerprint density at radius 2 is 2.12 bits per heavy atom. The third-order valence-electron chi connectivity index (χ3n) is 2.28. The van der Waals surface area contributed by atoms with Gasteiger partial charge in [-0.3, -0.25) is 4.79 Å². The van der Waals surface area contributed by atoms with E-state index in [1.54, 1.807) is 32.0 Å². The Bertz CT molecular complexity index is 455. The summed E-state index contributed by atoms with van der Waals surface area (Å²) >= 11 is 0. The van der Waals surface area contributed by atoms with Crippen molar-refractivity contribution in [3.05, 3.63) is 29.3 Å². The molecule has 3 heteroatoms. The lowest BCUT2D eigenvalue weighted by Crippen LogP contribution is -2.42. The molecule has 0 bridgehead atoms. The van der Waals surface area contributed by atoms with E-state index in [2.05, 4.69) is 11.2 Å². The molecule has 0 unspecified atom stereocenters. The van der Waals surface area contributed by atoms with Crippen LogP contribution in [-0.4, -0.2) is 11.4 Å². The fourth-order valence-corrected chi connectivity index (χ4v) is 1.33. The Balaban J connectivity index is 2.95. The van der Waals surface area contributed by atoms with E-state index in [0.717, 1.165) is 5.56 Å². The van der Waals surface area contributed by atoms with Gasteiger partial charge >= 0.3 is 0 Å². The SMILES string of the molecule is C#CC(C)(C)NC(=O)c1ccc(N)cc1C. The fourth-order valence-electron chi connectivity index (χ4n) is 1.33. The zero-order chi connectivity index (χ0) is 12.3. The van der Waals surface area contributed by atoms with Crippen molar-refractivity contribution >= 4 is 11.6 Å². The molecule has 1 rings (SSSR count). The van der Waals surface area contributed by atoms with E-state index in [9.17, 15) is 4.79 Å². The second-order valence-corrected chi connectivity index (χ2v) is 4.30. The number of anilines is 1. The molecule has 84 valence electrons. The summed E-state index contributed by atoms with van der Waals surface area (Å²) in [5.41, 5.74) is 7.05. The molecule has 0 aliphatic rings. The van der Waals surface area contributed by atoms with Crippen molar-refractivity contribution in [3.8, 4) is 12.3 Å². The molecule has 1 amide bonds. The Labute approximate surface area is 96.0 Å². The number of aryl methyl sites for hydroxylation is 1. The number of hydrogen-bond acceptors (Lipinski definition) is 2. The number of hydrogen-bond donors (Lipinski definition) is 2. The maximum Gasteiger partial charge on any atom is 0.252 e. The quantitative estimate of drug-likeness (QED) is 0.584. The molecule has 1 aromatic rings. The molecular formula is C13H16N2O. The highest BCUT2D eigenvalue weighted by atomic mass is 16.1. The second-order valence-electron chi connectivity index (χ2n) is 4.30. The Morgan fingerprint density at radius 3 is 2.62 bits per heavy atom. The maximum atomic E-state index is 11.9. The summed E-state index contributed by atoms with van der Waals surface area (Å²) in [6.07, 6.45) is 5.31. The van der Waals surface area contributed by atoms with Crippen LogP contribution in [0.25, 0.3) is 0 Å². The van der Waals surface area contributed by atoms with E-state index in [0.29, 0.717) is 11.3 Å². The summed E-state index contributed by atoms with van der Waals surface area (Å²) < 4.78 is 0. The molecule has 1 aromatic carbocycles. The number of nitrogens with one attached hydrogen (secondary N) is 1. The van der Waals surface area contributed by atoms with Gasteiger partial charge in [0, 0.05) is 11.3 Å². The van der Waals surface area contributed by atoms with Crippen LogP contribution in [-0.2, 0) is 0 Å². The van der Waals surface area contributed by atoms with Gasteiger partial charge in [-0.1, -0.05) is 5.92 Å². The van der Waals surface area contributed by atoms with Crippen LogP contribution in [0.15, 0.2) is 18.2 Å². The van der Waals surface area contributed by atoms with Gasteiger partial charge in [-0.05, 0) is 44.5 Å². The highest BCUT2D eigenvalue weighted by Crippen LogP contribution is 2.13. The van der Waals surface area contributed by atoms with Gasteiger partial charge in [0.25, 0.3) is 5.91 Å². The second kappa shape index (κ2) is 4.28. The zero-order valence-corrected chi connectivity index (χ0v) is 9.79. The summed E-state index contributed by atoms with van der Waals surface area (Å²) in [6, 6.07) is 5.16. The minimum atomic E-state index is -0.648. The third-order valence-corrected chi connectivity index (χ3v) is 2.28. The van der Waals surface area contributed by atoms with Crippen molar-refractivity contribution < 1.29 is 4.79 Å². The van der Waals surface area contributed by atoms with Crippen molar-refractivity contribution in [2.24, 2.45) is 0 Å². The first-order valence-corrected chi connectivity index (χ1v) is 5.02. The molecule has 0 radical (unpaired) electrons. The molecule has 0 spiro atoms. The van der Waals surface area contributed by atoms with Crippen LogP contribution < -0.4 is 11.1 Å². The van der Waals surface area contributed by atoms with Gasteiger partial charge in [0.2, 0.25) is 0 Å². The number of amides is 1. The lowest BCUT2D eigenvalue weighted by molar-refractivity contribution is 0.0929. The Kier molecular flexibility index (Phi) is 3.24. The molecule has 0 saturated carbocycles. The van der Waals surface area contributed by atoms with Gasteiger partial charge in [0.1, 0.15) is 0 Å². The first kappa shape index (κ1) is 12.1. The molecule has 0 saturated heterocycles. The summed E-state index contributed by atoms with van der Waals surface area (Å²) in [6.45, 7) is 5.39. The summed E-state index contributed by atoms with van der Waals surface area (Å²) in [4.78, 5) is 11.9. The average molecular weight is 216 g/mol. The summed E-state index contributed by atoms with van der Waals surface area (Å²) in [5.74, 6) is 2.34. The van der Waals surface area contributed by atoms with Crippen LogP contribution in [0.3, 0.4) is 0 Å². The van der Waals surface area contributed by atoms with E-state index in [1.165, 1.54) is 0 Å². The first-order chi connectivity index (χ1) is 7.35. The van der Waals surface area contributed by atoms with Gasteiger partial charge in [-0.15, -0.1) is 6.42 Å². The number of terminal acetylenes is 1. The fraction of sp³-hybridized carbons (Fsp3) is 0.308. The van der Waals surface area contributed by atoms with E-state index in [1.807, 2.05) is 6.92 Å². The number of carbonyl (C=O) groups is 1. The lowest BCUT2D eigenvalue weighted by atomic mass is 10.0. The van der Waals surface area contributed by atoms with Crippen LogP contribution in [0.1, 0.15) is 29.8 Å². The highest BCUT2D eigenvalue weighted by Gasteiger charge is 2.18. The molecule has 3 N–H and O–H groups in total. The minimum absolute atomic E-state index is 0.180. The topological polar surface area (TPSA) is 55.1 Å². The van der Waals surface area contributed by atoms with Crippen molar-refractivity contribution in [1.29, 1.82) is 0 Å². The van der Waals surface area contributed by atoms with Gasteiger partial charge in [0.15, 0.2) is 0 Å². The molecule has 0 aliphatic heterocycles. The van der Waals surface area contributed by atoms with Crippen LogP contribution >= 0.6 is 0 Å². The number of benzene rings is 1. The standard InChI is InChI=1S/C13H16N2O/c1-5-13(3,4)15-12(16)11-7-6-10(14)8-9(11)2/h1,6-8H,14H2,2-4H3,(H,15,16). The van der Waals surface area contributed by atoms with Crippen molar-refractivity contribution in [2.45, 2.75) is 26.3 Å². The van der Waals surface area contributed by atoms with Gasteiger partial charge < -0.3 is 11.1 Å². The number of rotatable bonds is 2. The van der Waals surface area contributed by atoms with Gasteiger partial charge in [-0.2, -0.15) is 0 Å². The summed E-state index contributed by atoms with van der Waals surface area (Å²) in [7, 11) is 0. The monoisotopic (exact) mass is 216 g/mol. The normalized spacial score (nSPS) is 10.6. The zero-order valence-electron chi connectivity index (χ0n) is 9.79. The van der Waals surface area contributed by atoms with E-state index < -0.39 is 5.54 Å².